The highest BCUT2D eigenvalue weighted by molar-refractivity contribution is 7.10. The van der Waals surface area contributed by atoms with E-state index in [1.165, 1.54) is 0 Å². The predicted molar refractivity (Wildman–Crippen MR) is 82.2 cm³/mol. The van der Waals surface area contributed by atoms with Crippen molar-refractivity contribution < 1.29 is 4.79 Å². The van der Waals surface area contributed by atoms with Crippen molar-refractivity contribution in [3.05, 3.63) is 32.2 Å². The van der Waals surface area contributed by atoms with Crippen molar-refractivity contribution in [1.82, 2.24) is 20.6 Å². The first kappa shape index (κ1) is 14.9. The summed E-state index contributed by atoms with van der Waals surface area (Å²) in [5.41, 5.74) is 1.95. The number of rotatable bonds is 4. The summed E-state index contributed by atoms with van der Waals surface area (Å²) in [4.78, 5) is 20.7. The Bertz CT molecular complexity index is 542. The van der Waals surface area contributed by atoms with Crippen LogP contribution in [0, 0.1) is 13.8 Å². The number of urea groups is 1. The predicted octanol–water partition coefficient (Wildman–Crippen LogP) is 3.34. The fourth-order valence-corrected chi connectivity index (χ4v) is 3.31. The molecule has 0 bridgehead atoms. The van der Waals surface area contributed by atoms with Crippen LogP contribution in [0.3, 0.4) is 0 Å². The van der Waals surface area contributed by atoms with E-state index in [9.17, 15) is 4.79 Å². The largest absolute Gasteiger partial charge is 0.329 e. The van der Waals surface area contributed by atoms with Gasteiger partial charge in [-0.25, -0.2) is 14.8 Å². The molecule has 0 radical (unpaired) electrons. The highest BCUT2D eigenvalue weighted by Crippen LogP contribution is 2.19. The minimum atomic E-state index is -0.203. The van der Waals surface area contributed by atoms with Crippen molar-refractivity contribution in [1.29, 1.82) is 0 Å². The molecule has 0 aliphatic rings. The summed E-state index contributed by atoms with van der Waals surface area (Å²) in [5, 5.41) is 11.6. The zero-order valence-electron chi connectivity index (χ0n) is 11.9. The van der Waals surface area contributed by atoms with Gasteiger partial charge in [-0.3, -0.25) is 0 Å². The zero-order chi connectivity index (χ0) is 14.7. The number of nitrogens with one attached hydrogen (secondary N) is 2. The van der Waals surface area contributed by atoms with E-state index in [2.05, 4.69) is 20.6 Å². The number of hydrogen-bond acceptors (Lipinski definition) is 5. The summed E-state index contributed by atoms with van der Waals surface area (Å²) in [5.74, 6) is 0. The molecule has 108 valence electrons. The molecule has 7 heteroatoms. The average Bonchev–Trinajstić information content (AvgIpc) is 2.97. The quantitative estimate of drug-likeness (QED) is 0.910. The molecule has 20 heavy (non-hydrogen) atoms. The smallest absolute Gasteiger partial charge is 0.315 e. The van der Waals surface area contributed by atoms with Gasteiger partial charge in [0.25, 0.3) is 0 Å². The molecule has 0 saturated carbocycles. The topological polar surface area (TPSA) is 66.9 Å². The lowest BCUT2D eigenvalue weighted by Crippen LogP contribution is -2.38. The van der Waals surface area contributed by atoms with Crippen LogP contribution in [0.2, 0.25) is 0 Å². The van der Waals surface area contributed by atoms with Gasteiger partial charge < -0.3 is 10.6 Å². The molecular formula is C13H18N4OS2. The van der Waals surface area contributed by atoms with Crippen LogP contribution in [-0.4, -0.2) is 16.0 Å². The van der Waals surface area contributed by atoms with Gasteiger partial charge in [0.15, 0.2) is 0 Å². The number of hydrogen-bond donors (Lipinski definition) is 2. The van der Waals surface area contributed by atoms with Gasteiger partial charge in [-0.15, -0.1) is 22.7 Å². The molecule has 2 rings (SSSR count). The van der Waals surface area contributed by atoms with E-state index in [1.54, 1.807) is 22.7 Å². The molecule has 0 aliphatic carbocycles. The number of carbonyl (C=O) groups is 1. The Morgan fingerprint density at radius 2 is 1.40 bits per heavy atom. The van der Waals surface area contributed by atoms with Crippen molar-refractivity contribution in [2.24, 2.45) is 0 Å². The van der Waals surface area contributed by atoms with E-state index < -0.39 is 0 Å². The lowest BCUT2D eigenvalue weighted by molar-refractivity contribution is 0.235. The second-order valence-electron chi connectivity index (χ2n) is 4.72. The monoisotopic (exact) mass is 310 g/mol. The second kappa shape index (κ2) is 6.32. The summed E-state index contributed by atoms with van der Waals surface area (Å²) in [6.07, 6.45) is 0. The average molecular weight is 310 g/mol. The van der Waals surface area contributed by atoms with Gasteiger partial charge in [0.1, 0.15) is 10.0 Å². The third kappa shape index (κ3) is 3.77. The summed E-state index contributed by atoms with van der Waals surface area (Å²) in [6, 6.07) is -0.399. The van der Waals surface area contributed by atoms with E-state index >= 15 is 0 Å². The summed E-state index contributed by atoms with van der Waals surface area (Å²) in [6.45, 7) is 7.74. The van der Waals surface area contributed by atoms with Crippen LogP contribution >= 0.6 is 22.7 Å². The van der Waals surface area contributed by atoms with Crippen molar-refractivity contribution in [2.45, 2.75) is 39.8 Å². The molecule has 0 unspecified atom stereocenters. The Morgan fingerprint density at radius 3 is 1.70 bits per heavy atom. The van der Waals surface area contributed by atoms with Crippen molar-refractivity contribution >= 4 is 28.7 Å². The maximum Gasteiger partial charge on any atom is 0.315 e. The maximum atomic E-state index is 12.0. The molecule has 0 saturated heterocycles. The number of carbonyl (C=O) groups excluding carboxylic acids is 1. The van der Waals surface area contributed by atoms with Crippen LogP contribution in [-0.2, 0) is 0 Å². The van der Waals surface area contributed by atoms with Gasteiger partial charge in [0, 0.05) is 22.1 Å². The van der Waals surface area contributed by atoms with Gasteiger partial charge >= 0.3 is 6.03 Å². The number of amides is 2. The first-order chi connectivity index (χ1) is 9.45. The molecular weight excluding hydrogens is 292 g/mol. The van der Waals surface area contributed by atoms with Crippen LogP contribution in [0.1, 0.15) is 47.3 Å². The van der Waals surface area contributed by atoms with Gasteiger partial charge in [-0.2, -0.15) is 0 Å². The molecule has 0 spiro atoms. The molecule has 2 aromatic heterocycles. The fourth-order valence-electron chi connectivity index (χ4n) is 1.70. The van der Waals surface area contributed by atoms with E-state index in [4.69, 9.17) is 0 Å². The lowest BCUT2D eigenvalue weighted by Gasteiger charge is -2.15. The van der Waals surface area contributed by atoms with Gasteiger partial charge in [-0.1, -0.05) is 0 Å². The minimum absolute atomic E-state index is 0.0982. The summed E-state index contributed by atoms with van der Waals surface area (Å²) in [7, 11) is 0. The number of thiazole rings is 2. The SMILES string of the molecule is Cc1csc([C@H](C)NC(=O)N[C@@H](C)c2nc(C)cs2)n1. The van der Waals surface area contributed by atoms with Crippen molar-refractivity contribution in [2.75, 3.05) is 0 Å². The molecule has 2 atom stereocenters. The van der Waals surface area contributed by atoms with E-state index in [0.717, 1.165) is 21.4 Å². The van der Waals surface area contributed by atoms with Gasteiger partial charge in [0.2, 0.25) is 0 Å². The molecule has 0 aliphatic heterocycles. The molecule has 5 nitrogen and oxygen atoms in total. The second-order valence-corrected chi connectivity index (χ2v) is 6.49. The first-order valence-electron chi connectivity index (χ1n) is 6.36. The van der Waals surface area contributed by atoms with Crippen molar-refractivity contribution in [3.63, 3.8) is 0 Å². The summed E-state index contributed by atoms with van der Waals surface area (Å²) >= 11 is 3.11. The van der Waals surface area contributed by atoms with Crippen LogP contribution in [0.4, 0.5) is 4.79 Å². The normalized spacial score (nSPS) is 13.8. The highest BCUT2D eigenvalue weighted by atomic mass is 32.1. The van der Waals surface area contributed by atoms with E-state index in [-0.39, 0.29) is 18.1 Å². The Balaban J connectivity index is 1.89. The van der Waals surface area contributed by atoms with Gasteiger partial charge in [0.05, 0.1) is 12.1 Å². The number of aromatic nitrogens is 2. The number of aryl methyl sites for hydroxylation is 2. The van der Waals surface area contributed by atoms with Crippen LogP contribution in [0.25, 0.3) is 0 Å². The van der Waals surface area contributed by atoms with Gasteiger partial charge in [-0.05, 0) is 27.7 Å². The Morgan fingerprint density at radius 1 is 1.00 bits per heavy atom. The summed E-state index contributed by atoms with van der Waals surface area (Å²) < 4.78 is 0. The zero-order valence-corrected chi connectivity index (χ0v) is 13.6. The molecule has 2 heterocycles. The lowest BCUT2D eigenvalue weighted by atomic mass is 10.3. The highest BCUT2D eigenvalue weighted by Gasteiger charge is 2.16. The number of nitrogens with zero attached hydrogens (tertiary/aromatic N) is 2. The standard InChI is InChI=1S/C13H18N4OS2/c1-7-5-19-11(14-7)9(3)16-13(18)17-10(4)12-15-8(2)6-20-12/h5-6,9-10H,1-4H3,(H2,16,17,18)/t9-,10-/m0/s1. The molecule has 0 fully saturated rings. The van der Waals surface area contributed by atoms with E-state index in [1.807, 2.05) is 38.5 Å². The van der Waals surface area contributed by atoms with E-state index in [0.29, 0.717) is 0 Å². The molecule has 0 aromatic carbocycles. The first-order valence-corrected chi connectivity index (χ1v) is 8.12. The van der Waals surface area contributed by atoms with Crippen LogP contribution in [0.5, 0.6) is 0 Å². The maximum absolute atomic E-state index is 12.0. The Labute approximate surface area is 126 Å². The molecule has 2 aromatic rings. The third-order valence-corrected chi connectivity index (χ3v) is 5.00. The Kier molecular flexibility index (Phi) is 4.72. The fraction of sp³-hybridized carbons (Fsp3) is 0.462. The molecule has 2 amide bonds. The third-order valence-electron chi connectivity index (χ3n) is 2.71. The minimum Gasteiger partial charge on any atom is -0.329 e. The van der Waals surface area contributed by atoms with Crippen LogP contribution < -0.4 is 10.6 Å². The van der Waals surface area contributed by atoms with Crippen LogP contribution in [0.15, 0.2) is 10.8 Å². The Hall–Kier alpha value is -1.47. The molecule has 2 N–H and O–H groups in total. The van der Waals surface area contributed by atoms with Crippen molar-refractivity contribution in [3.8, 4) is 0 Å².